The zero-order valence-corrected chi connectivity index (χ0v) is 8.47. The Morgan fingerprint density at radius 2 is 1.92 bits per heavy atom. The molecule has 0 aliphatic carbocycles. The van der Waals surface area contributed by atoms with E-state index in [0.29, 0.717) is 25.9 Å². The molecule has 0 aromatic rings. The molecule has 1 heterocycles. The van der Waals surface area contributed by atoms with E-state index in [2.05, 4.69) is 0 Å². The molecule has 0 unspecified atom stereocenters. The number of amidine groups is 1. The van der Waals surface area contributed by atoms with Crippen molar-refractivity contribution in [2.75, 3.05) is 19.3 Å². The Hall–Kier alpha value is -0.620. The molecule has 1 fully saturated rings. The molecule has 1 aliphatic rings. The first kappa shape index (κ1) is 10.5. The number of sulfonamides is 1. The van der Waals surface area contributed by atoms with Gasteiger partial charge < -0.3 is 5.73 Å². The van der Waals surface area contributed by atoms with Crippen molar-refractivity contribution in [2.45, 2.75) is 12.8 Å². The molecule has 0 saturated carbocycles. The van der Waals surface area contributed by atoms with Crippen molar-refractivity contribution in [2.24, 2.45) is 11.7 Å². The molecule has 0 radical (unpaired) electrons. The van der Waals surface area contributed by atoms with Gasteiger partial charge in [-0.25, -0.2) is 12.7 Å². The first-order valence-corrected chi connectivity index (χ1v) is 6.05. The molecule has 3 N–H and O–H groups in total. The first-order valence-electron chi connectivity index (χ1n) is 4.20. The van der Waals surface area contributed by atoms with Crippen LogP contribution in [-0.2, 0) is 10.0 Å². The summed E-state index contributed by atoms with van der Waals surface area (Å²) in [7, 11) is -3.05. The predicted molar refractivity (Wildman–Crippen MR) is 51.1 cm³/mol. The molecular formula is C7H15N3O2S. The van der Waals surface area contributed by atoms with E-state index in [1.54, 1.807) is 0 Å². The van der Waals surface area contributed by atoms with E-state index < -0.39 is 10.0 Å². The summed E-state index contributed by atoms with van der Waals surface area (Å²) in [5, 5.41) is 7.22. The third kappa shape index (κ3) is 2.67. The SMILES string of the molecule is CS(=O)(=O)N1CCC(C(=N)N)CC1. The molecule has 0 bridgehead atoms. The van der Waals surface area contributed by atoms with Crippen LogP contribution < -0.4 is 5.73 Å². The number of nitrogens with zero attached hydrogens (tertiary/aromatic N) is 1. The van der Waals surface area contributed by atoms with E-state index in [-0.39, 0.29) is 11.8 Å². The highest BCUT2D eigenvalue weighted by molar-refractivity contribution is 7.88. The summed E-state index contributed by atoms with van der Waals surface area (Å²) in [5.41, 5.74) is 5.34. The lowest BCUT2D eigenvalue weighted by Gasteiger charge is -2.29. The van der Waals surface area contributed by atoms with E-state index >= 15 is 0 Å². The Morgan fingerprint density at radius 3 is 2.23 bits per heavy atom. The van der Waals surface area contributed by atoms with Gasteiger partial charge in [-0.2, -0.15) is 0 Å². The van der Waals surface area contributed by atoms with Gasteiger partial charge in [0, 0.05) is 19.0 Å². The standard InChI is InChI=1S/C7H15N3O2S/c1-13(11,12)10-4-2-6(3-5-10)7(8)9/h6H,2-5H2,1H3,(H3,8,9). The van der Waals surface area contributed by atoms with Crippen LogP contribution >= 0.6 is 0 Å². The Kier molecular flexibility index (Phi) is 2.92. The molecule has 0 atom stereocenters. The lowest BCUT2D eigenvalue weighted by atomic mass is 9.97. The molecule has 1 rings (SSSR count). The van der Waals surface area contributed by atoms with Gasteiger partial charge >= 0.3 is 0 Å². The lowest BCUT2D eigenvalue weighted by Crippen LogP contribution is -2.40. The van der Waals surface area contributed by atoms with Crippen molar-refractivity contribution in [3.8, 4) is 0 Å². The maximum atomic E-state index is 11.1. The predicted octanol–water partition coefficient (Wildman–Crippen LogP) is -0.406. The van der Waals surface area contributed by atoms with Crippen molar-refractivity contribution in [3.05, 3.63) is 0 Å². The van der Waals surface area contributed by atoms with Crippen LogP contribution in [0.1, 0.15) is 12.8 Å². The van der Waals surface area contributed by atoms with Crippen LogP contribution in [0.25, 0.3) is 0 Å². The van der Waals surface area contributed by atoms with Crippen LogP contribution in [0.3, 0.4) is 0 Å². The fourth-order valence-electron chi connectivity index (χ4n) is 1.50. The highest BCUT2D eigenvalue weighted by Crippen LogP contribution is 2.18. The van der Waals surface area contributed by atoms with Gasteiger partial charge in [0.2, 0.25) is 10.0 Å². The molecule has 76 valence electrons. The molecule has 5 nitrogen and oxygen atoms in total. The van der Waals surface area contributed by atoms with Crippen molar-refractivity contribution in [3.63, 3.8) is 0 Å². The summed E-state index contributed by atoms with van der Waals surface area (Å²) in [6.07, 6.45) is 2.55. The smallest absolute Gasteiger partial charge is 0.211 e. The molecule has 0 amide bonds. The fraction of sp³-hybridized carbons (Fsp3) is 0.857. The van der Waals surface area contributed by atoms with Crippen LogP contribution in [-0.4, -0.2) is 37.9 Å². The lowest BCUT2D eigenvalue weighted by molar-refractivity contribution is 0.316. The Morgan fingerprint density at radius 1 is 1.46 bits per heavy atom. The first-order chi connectivity index (χ1) is 5.91. The monoisotopic (exact) mass is 205 g/mol. The van der Waals surface area contributed by atoms with E-state index in [1.807, 2.05) is 0 Å². The minimum absolute atomic E-state index is 0.0676. The van der Waals surface area contributed by atoms with Crippen LogP contribution in [0, 0.1) is 11.3 Å². The van der Waals surface area contributed by atoms with E-state index in [0.717, 1.165) is 0 Å². The van der Waals surface area contributed by atoms with E-state index in [1.165, 1.54) is 10.6 Å². The minimum atomic E-state index is -3.05. The average Bonchev–Trinajstić information content (AvgIpc) is 2.03. The number of hydrogen-bond acceptors (Lipinski definition) is 3. The molecule has 0 aromatic heterocycles. The maximum absolute atomic E-state index is 11.1. The van der Waals surface area contributed by atoms with Gasteiger partial charge in [0.1, 0.15) is 0 Å². The second-order valence-corrected chi connectivity index (χ2v) is 5.37. The summed E-state index contributed by atoms with van der Waals surface area (Å²) < 4.78 is 23.6. The summed E-state index contributed by atoms with van der Waals surface area (Å²) >= 11 is 0. The molecule has 6 heteroatoms. The number of hydrogen-bond donors (Lipinski definition) is 2. The fourth-order valence-corrected chi connectivity index (χ4v) is 2.37. The Bertz CT molecular complexity index is 291. The summed E-state index contributed by atoms with van der Waals surface area (Å²) in [6, 6.07) is 0. The highest BCUT2D eigenvalue weighted by atomic mass is 32.2. The van der Waals surface area contributed by atoms with Crippen molar-refractivity contribution in [1.82, 2.24) is 4.31 Å². The van der Waals surface area contributed by atoms with Gasteiger partial charge in [-0.15, -0.1) is 0 Å². The van der Waals surface area contributed by atoms with Gasteiger partial charge in [-0.05, 0) is 12.8 Å². The largest absolute Gasteiger partial charge is 0.387 e. The van der Waals surface area contributed by atoms with Gasteiger partial charge in [0.25, 0.3) is 0 Å². The Balaban J connectivity index is 2.53. The summed E-state index contributed by atoms with van der Waals surface area (Å²) in [4.78, 5) is 0. The topological polar surface area (TPSA) is 87.2 Å². The zero-order chi connectivity index (χ0) is 10.1. The molecule has 13 heavy (non-hydrogen) atoms. The Labute approximate surface area is 78.5 Å². The summed E-state index contributed by atoms with van der Waals surface area (Å²) in [5.74, 6) is 0.242. The highest BCUT2D eigenvalue weighted by Gasteiger charge is 2.25. The molecule has 0 spiro atoms. The number of rotatable bonds is 2. The van der Waals surface area contributed by atoms with Crippen LogP contribution in [0.5, 0.6) is 0 Å². The third-order valence-corrected chi connectivity index (χ3v) is 3.67. The van der Waals surface area contributed by atoms with E-state index in [4.69, 9.17) is 11.1 Å². The molecule has 1 saturated heterocycles. The second-order valence-electron chi connectivity index (χ2n) is 3.39. The molecule has 0 aromatic carbocycles. The summed E-state index contributed by atoms with van der Waals surface area (Å²) in [6.45, 7) is 0.978. The number of piperidine rings is 1. The quantitative estimate of drug-likeness (QED) is 0.474. The van der Waals surface area contributed by atoms with Gasteiger partial charge in [0.05, 0.1) is 12.1 Å². The number of nitrogens with one attached hydrogen (secondary N) is 1. The van der Waals surface area contributed by atoms with Gasteiger partial charge in [-0.3, -0.25) is 5.41 Å². The maximum Gasteiger partial charge on any atom is 0.211 e. The van der Waals surface area contributed by atoms with Crippen LogP contribution in [0.2, 0.25) is 0 Å². The van der Waals surface area contributed by atoms with Gasteiger partial charge in [-0.1, -0.05) is 0 Å². The number of nitrogens with two attached hydrogens (primary N) is 1. The van der Waals surface area contributed by atoms with E-state index in [9.17, 15) is 8.42 Å². The third-order valence-electron chi connectivity index (χ3n) is 2.36. The second kappa shape index (κ2) is 3.63. The van der Waals surface area contributed by atoms with Gasteiger partial charge in [0.15, 0.2) is 0 Å². The minimum Gasteiger partial charge on any atom is -0.387 e. The van der Waals surface area contributed by atoms with Crippen molar-refractivity contribution >= 4 is 15.9 Å². The average molecular weight is 205 g/mol. The zero-order valence-electron chi connectivity index (χ0n) is 7.66. The molecule has 1 aliphatic heterocycles. The van der Waals surface area contributed by atoms with Crippen molar-refractivity contribution in [1.29, 1.82) is 5.41 Å². The molecular weight excluding hydrogens is 190 g/mol. The van der Waals surface area contributed by atoms with Crippen molar-refractivity contribution < 1.29 is 8.42 Å². The normalized spacial score (nSPS) is 21.6. The van der Waals surface area contributed by atoms with Crippen LogP contribution in [0.4, 0.5) is 0 Å². The van der Waals surface area contributed by atoms with Crippen LogP contribution in [0.15, 0.2) is 0 Å².